The molecule has 0 spiro atoms. The van der Waals surface area contributed by atoms with Crippen LogP contribution in [-0.2, 0) is 16.1 Å². The van der Waals surface area contributed by atoms with Crippen LogP contribution < -0.4 is 4.74 Å². The minimum Gasteiger partial charge on any atom is -0.497 e. The fourth-order valence-electron chi connectivity index (χ4n) is 4.67. The van der Waals surface area contributed by atoms with Gasteiger partial charge in [0.25, 0.3) is 11.8 Å². The van der Waals surface area contributed by atoms with E-state index < -0.39 is 11.8 Å². The number of hydrogen-bond donors (Lipinski definition) is 0. The van der Waals surface area contributed by atoms with Gasteiger partial charge in [-0.15, -0.1) is 0 Å². The van der Waals surface area contributed by atoms with Crippen molar-refractivity contribution in [1.82, 2.24) is 14.7 Å². The summed E-state index contributed by atoms with van der Waals surface area (Å²) in [5.74, 6) is -0.433. The molecule has 198 valence electrons. The zero-order valence-electron chi connectivity index (χ0n) is 22.2. The topological polar surface area (TPSA) is 88.2 Å². The largest absolute Gasteiger partial charge is 0.497 e. The Morgan fingerprint density at radius 2 is 1.73 bits per heavy atom. The number of para-hydroxylation sites is 1. The Morgan fingerprint density at radius 1 is 1.00 bits per heavy atom. The number of nitriles is 1. The Bertz CT molecular complexity index is 1750. The third kappa shape index (κ3) is 4.93. The number of amides is 2. The van der Waals surface area contributed by atoms with E-state index in [1.54, 1.807) is 49.1 Å². The van der Waals surface area contributed by atoms with Gasteiger partial charge in [0.1, 0.15) is 23.1 Å². The summed E-state index contributed by atoms with van der Waals surface area (Å²) < 4.78 is 7.12. The van der Waals surface area contributed by atoms with Crippen molar-refractivity contribution in [2.75, 3.05) is 7.11 Å². The normalized spacial score (nSPS) is 14.6. The average molecular weight is 549 g/mol. The number of imide groups is 1. The first-order chi connectivity index (χ1) is 19.3. The van der Waals surface area contributed by atoms with Gasteiger partial charge in [0, 0.05) is 27.9 Å². The quantitative estimate of drug-likeness (QED) is 0.208. The maximum absolute atomic E-state index is 13.8. The molecule has 4 aromatic rings. The van der Waals surface area contributed by atoms with Crippen LogP contribution in [0.4, 0.5) is 0 Å². The summed E-state index contributed by atoms with van der Waals surface area (Å²) in [6.07, 6.45) is 3.54. The Labute approximate surface area is 237 Å². The molecule has 0 fully saturated rings. The lowest BCUT2D eigenvalue weighted by molar-refractivity contribution is -0.141. The van der Waals surface area contributed by atoms with E-state index in [-0.39, 0.29) is 17.7 Å². The molecule has 0 aliphatic carbocycles. The zero-order chi connectivity index (χ0) is 28.4. The molecule has 0 radical (unpaired) electrons. The number of rotatable bonds is 6. The molecule has 1 aliphatic rings. The van der Waals surface area contributed by atoms with Gasteiger partial charge < -0.3 is 4.74 Å². The maximum Gasteiger partial charge on any atom is 0.271 e. The maximum atomic E-state index is 13.8. The summed E-state index contributed by atoms with van der Waals surface area (Å²) in [4.78, 5) is 28.1. The predicted molar refractivity (Wildman–Crippen MR) is 154 cm³/mol. The summed E-state index contributed by atoms with van der Waals surface area (Å²) >= 11 is 6.33. The predicted octanol–water partition coefficient (Wildman–Crippen LogP) is 6.30. The third-order valence-corrected chi connectivity index (χ3v) is 7.23. The van der Waals surface area contributed by atoms with Crippen molar-refractivity contribution in [1.29, 1.82) is 5.26 Å². The van der Waals surface area contributed by atoms with Gasteiger partial charge in [0.2, 0.25) is 0 Å². The molecule has 0 unspecified atom stereocenters. The Hall–Kier alpha value is -4.93. The molecule has 2 heterocycles. The Balaban J connectivity index is 1.68. The molecule has 0 saturated heterocycles. The third-order valence-electron chi connectivity index (χ3n) is 6.86. The highest BCUT2D eigenvalue weighted by molar-refractivity contribution is 6.31. The van der Waals surface area contributed by atoms with Crippen molar-refractivity contribution in [3.05, 3.63) is 117 Å². The molecule has 7 nitrogen and oxygen atoms in total. The second kappa shape index (κ2) is 11.0. The Kier molecular flexibility index (Phi) is 7.37. The summed E-state index contributed by atoms with van der Waals surface area (Å²) in [7, 11) is 1.61. The fraction of sp³-hybridized carbons (Fsp3) is 0.125. The van der Waals surface area contributed by atoms with Crippen molar-refractivity contribution >= 4 is 29.5 Å². The second-order valence-electron chi connectivity index (χ2n) is 9.35. The van der Waals surface area contributed by atoms with Gasteiger partial charge in [0.05, 0.1) is 19.3 Å². The highest BCUT2D eigenvalue weighted by atomic mass is 35.5. The van der Waals surface area contributed by atoms with Gasteiger partial charge in [0.15, 0.2) is 0 Å². The van der Waals surface area contributed by atoms with Gasteiger partial charge in [-0.05, 0) is 73.0 Å². The van der Waals surface area contributed by atoms with E-state index in [0.717, 1.165) is 27.5 Å². The first-order valence-electron chi connectivity index (χ1n) is 12.5. The minimum absolute atomic E-state index is 0.0547. The van der Waals surface area contributed by atoms with E-state index in [4.69, 9.17) is 21.4 Å². The molecule has 1 aliphatic heterocycles. The molecule has 0 atom stereocenters. The van der Waals surface area contributed by atoms with Crippen LogP contribution in [0.5, 0.6) is 5.75 Å². The van der Waals surface area contributed by atoms with Crippen molar-refractivity contribution in [3.8, 4) is 28.8 Å². The van der Waals surface area contributed by atoms with Crippen LogP contribution in [0.3, 0.4) is 0 Å². The fourth-order valence-corrected chi connectivity index (χ4v) is 4.87. The molecule has 8 heteroatoms. The van der Waals surface area contributed by atoms with Gasteiger partial charge in [-0.25, -0.2) is 4.68 Å². The van der Waals surface area contributed by atoms with E-state index in [1.807, 2.05) is 67.7 Å². The lowest BCUT2D eigenvalue weighted by Crippen LogP contribution is -2.42. The number of carbonyl (C=O) groups is 2. The van der Waals surface area contributed by atoms with Crippen LogP contribution in [-0.4, -0.2) is 33.6 Å². The van der Waals surface area contributed by atoms with Crippen molar-refractivity contribution < 1.29 is 14.3 Å². The summed E-state index contributed by atoms with van der Waals surface area (Å²) in [5, 5.41) is 15.2. The molecule has 2 amide bonds. The smallest absolute Gasteiger partial charge is 0.271 e. The van der Waals surface area contributed by atoms with E-state index in [9.17, 15) is 14.9 Å². The van der Waals surface area contributed by atoms with Crippen molar-refractivity contribution in [2.24, 2.45) is 0 Å². The number of methoxy groups -OCH3 is 1. The number of halogens is 1. The van der Waals surface area contributed by atoms with Crippen molar-refractivity contribution in [2.45, 2.75) is 20.4 Å². The highest BCUT2D eigenvalue weighted by Crippen LogP contribution is 2.34. The molecule has 1 aromatic heterocycles. The number of benzene rings is 3. The lowest BCUT2D eigenvalue weighted by Gasteiger charge is -2.27. The van der Waals surface area contributed by atoms with Crippen LogP contribution in [0.2, 0.25) is 5.02 Å². The molecule has 5 rings (SSSR count). The Morgan fingerprint density at radius 3 is 2.40 bits per heavy atom. The first-order valence-corrected chi connectivity index (χ1v) is 12.9. The second-order valence-corrected chi connectivity index (χ2v) is 9.76. The summed E-state index contributed by atoms with van der Waals surface area (Å²) in [6.45, 7) is 3.53. The van der Waals surface area contributed by atoms with E-state index in [2.05, 4.69) is 0 Å². The molecular formula is C32H25ClN4O3. The highest BCUT2D eigenvalue weighted by Gasteiger charge is 2.36. The van der Waals surface area contributed by atoms with Gasteiger partial charge >= 0.3 is 0 Å². The van der Waals surface area contributed by atoms with E-state index >= 15 is 0 Å². The number of aryl methyl sites for hydroxylation is 1. The molecule has 40 heavy (non-hydrogen) atoms. The minimum atomic E-state index is -0.645. The van der Waals surface area contributed by atoms with Gasteiger partial charge in [-0.3, -0.25) is 14.5 Å². The number of aromatic nitrogens is 2. The molecule has 0 N–H and O–H groups in total. The molecule has 0 bridgehead atoms. The molecule has 3 aromatic carbocycles. The van der Waals surface area contributed by atoms with Crippen LogP contribution in [0.1, 0.15) is 23.6 Å². The number of hydrogen-bond acceptors (Lipinski definition) is 5. The lowest BCUT2D eigenvalue weighted by atomic mass is 9.92. The monoisotopic (exact) mass is 548 g/mol. The summed E-state index contributed by atoms with van der Waals surface area (Å²) in [6, 6.07) is 24.3. The average Bonchev–Trinajstić information content (AvgIpc) is 3.38. The van der Waals surface area contributed by atoms with Crippen molar-refractivity contribution in [3.63, 3.8) is 0 Å². The summed E-state index contributed by atoms with van der Waals surface area (Å²) in [5.41, 5.74) is 5.01. The molecular weight excluding hydrogens is 524 g/mol. The van der Waals surface area contributed by atoms with Crippen LogP contribution in [0.25, 0.3) is 23.0 Å². The number of carbonyl (C=O) groups excluding carboxylic acids is 2. The SMILES string of the molecule is COc1ccc(-c2nn(-c3ccccc3)cc2/C=C2/C(=O)N(Cc3ccccc3Cl)C(=O)C(C#N)=C2C)c(C)c1. The molecule has 0 saturated carbocycles. The van der Waals surface area contributed by atoms with Gasteiger partial charge in [-0.2, -0.15) is 10.4 Å². The van der Waals surface area contributed by atoms with Crippen LogP contribution in [0, 0.1) is 18.3 Å². The van der Waals surface area contributed by atoms with E-state index in [1.165, 1.54) is 0 Å². The van der Waals surface area contributed by atoms with Gasteiger partial charge in [-0.1, -0.05) is 48.0 Å². The number of ether oxygens (including phenoxy) is 1. The zero-order valence-corrected chi connectivity index (χ0v) is 22.9. The van der Waals surface area contributed by atoms with E-state index in [0.29, 0.717) is 27.4 Å². The first kappa shape index (κ1) is 26.7. The van der Waals surface area contributed by atoms with Crippen LogP contribution in [0.15, 0.2) is 95.7 Å². The standard InChI is InChI=1S/C32H25ClN4O3/c1-20-15-25(40-3)13-14-26(20)30-23(19-37(35-30)24-10-5-4-6-11-24)16-27-21(2)28(17-34)32(39)36(31(27)38)18-22-9-7-8-12-29(22)33/h4-16,19H,18H2,1-3H3/b27-16+. The number of nitrogens with zero attached hydrogens (tertiary/aromatic N) is 4. The van der Waals surface area contributed by atoms with Crippen LogP contribution >= 0.6 is 11.6 Å².